The van der Waals surface area contributed by atoms with Gasteiger partial charge in [0.15, 0.2) is 0 Å². The quantitative estimate of drug-likeness (QED) is 0.765. The number of benzene rings is 2. The number of carbonyl (C=O) groups is 1. The molecule has 1 heterocycles. The van der Waals surface area contributed by atoms with Gasteiger partial charge >= 0.3 is 168 Å². The molecule has 5 heteroatoms. The fourth-order valence-corrected chi connectivity index (χ4v) is 3.26. The van der Waals surface area contributed by atoms with Gasteiger partial charge in [-0.25, -0.2) is 0 Å². The normalized spacial score (nSPS) is 14.3. The Labute approximate surface area is 168 Å². The van der Waals surface area contributed by atoms with Gasteiger partial charge in [0.2, 0.25) is 0 Å². The molecule has 0 atom stereocenters. The third-order valence-corrected chi connectivity index (χ3v) is 4.88. The summed E-state index contributed by atoms with van der Waals surface area (Å²) in [6, 6.07) is 16.4. The van der Waals surface area contributed by atoms with E-state index in [0.717, 1.165) is 16.8 Å². The first-order valence-corrected chi connectivity index (χ1v) is 9.55. The van der Waals surface area contributed by atoms with Crippen LogP contribution in [0.15, 0.2) is 48.5 Å². The van der Waals surface area contributed by atoms with Gasteiger partial charge in [-0.2, -0.15) is 0 Å². The van der Waals surface area contributed by atoms with Crippen LogP contribution in [0.4, 0.5) is 5.69 Å². The fraction of sp³-hybridized carbons (Fsp3) is 0.304. The number of aliphatic hydroxyl groups is 1. The van der Waals surface area contributed by atoms with E-state index in [-0.39, 0.29) is 18.9 Å². The van der Waals surface area contributed by atoms with Gasteiger partial charge in [0.05, 0.1) is 0 Å². The molecule has 0 unspecified atom stereocenters. The van der Waals surface area contributed by atoms with E-state index in [1.807, 2.05) is 24.3 Å². The minimum absolute atomic E-state index is 0.111. The average Bonchev–Trinajstić information content (AvgIpc) is 2.67. The molecule has 28 heavy (non-hydrogen) atoms. The molecule has 1 radical (unpaired) electrons. The van der Waals surface area contributed by atoms with Crippen molar-refractivity contribution in [2.24, 2.45) is 0 Å². The molecule has 0 aromatic heterocycles. The summed E-state index contributed by atoms with van der Waals surface area (Å²) in [5.74, 6) is -0.123. The van der Waals surface area contributed by atoms with Crippen LogP contribution in [0.5, 0.6) is 0 Å². The molecule has 0 aliphatic carbocycles. The van der Waals surface area contributed by atoms with Crippen molar-refractivity contribution < 1.29 is 9.90 Å². The maximum absolute atomic E-state index is 12.3. The van der Waals surface area contributed by atoms with Gasteiger partial charge < -0.3 is 0 Å². The van der Waals surface area contributed by atoms with Crippen molar-refractivity contribution in [1.29, 1.82) is 0 Å². The molecule has 3 rings (SSSR count). The number of carbonyl (C=O) groups excluding carboxylic acids is 1. The number of nitrogens with zero attached hydrogens (tertiary/aromatic N) is 1. The first-order valence-electron chi connectivity index (χ1n) is 9.55. The van der Waals surface area contributed by atoms with E-state index >= 15 is 0 Å². The van der Waals surface area contributed by atoms with E-state index < -0.39 is 5.54 Å². The number of amides is 1. The first-order chi connectivity index (χ1) is 13.4. The molecular formula is C23H26BN2O2. The van der Waals surface area contributed by atoms with Gasteiger partial charge in [-0.1, -0.05) is 0 Å². The molecule has 4 nitrogen and oxygen atoms in total. The van der Waals surface area contributed by atoms with Crippen molar-refractivity contribution in [3.8, 4) is 0 Å². The molecule has 1 aliphatic heterocycles. The molecule has 1 aliphatic rings. The standard InChI is InChI=1S/C23H26BN2O2/c1-23(2,16-27)25-22(28)14-13-21(24)26-15-19-9-4-3-7-17(19)11-12-18-8-5-6-10-20(18)26/h3-12,27H,13-16H2,1-2H3,(H,25,28)/b12-11-. The third kappa shape index (κ3) is 4.79. The van der Waals surface area contributed by atoms with Crippen molar-refractivity contribution in [2.75, 3.05) is 11.5 Å². The summed E-state index contributed by atoms with van der Waals surface area (Å²) in [6.45, 7) is 4.11. The van der Waals surface area contributed by atoms with Crippen molar-refractivity contribution >= 4 is 36.8 Å². The van der Waals surface area contributed by atoms with Crippen LogP contribution in [-0.2, 0) is 11.3 Å². The van der Waals surface area contributed by atoms with Crippen LogP contribution in [0.1, 0.15) is 43.4 Å². The molecule has 2 N–H and O–H groups in total. The van der Waals surface area contributed by atoms with Gasteiger partial charge in [-0.3, -0.25) is 0 Å². The topological polar surface area (TPSA) is 52.6 Å². The Morgan fingerprint density at radius 1 is 1.07 bits per heavy atom. The molecule has 0 saturated carbocycles. The molecule has 0 fully saturated rings. The van der Waals surface area contributed by atoms with Gasteiger partial charge in [0, 0.05) is 0 Å². The summed E-state index contributed by atoms with van der Waals surface area (Å²) in [4.78, 5) is 14.3. The number of anilines is 1. The zero-order valence-corrected chi connectivity index (χ0v) is 16.5. The molecule has 2 aromatic rings. The second kappa shape index (κ2) is 8.57. The second-order valence-corrected chi connectivity index (χ2v) is 7.76. The van der Waals surface area contributed by atoms with Crippen LogP contribution in [0, 0.1) is 0 Å². The maximum atomic E-state index is 12.3. The second-order valence-electron chi connectivity index (χ2n) is 7.76. The van der Waals surface area contributed by atoms with Crippen molar-refractivity contribution in [2.45, 2.75) is 38.8 Å². The molecule has 2 aromatic carbocycles. The van der Waals surface area contributed by atoms with Crippen LogP contribution in [0.2, 0.25) is 0 Å². The molecule has 0 saturated heterocycles. The predicted octanol–water partition coefficient (Wildman–Crippen LogP) is 3.14. The van der Waals surface area contributed by atoms with E-state index in [2.05, 4.69) is 46.6 Å². The van der Waals surface area contributed by atoms with Gasteiger partial charge in [-0.05, 0) is 0 Å². The minimum atomic E-state index is -0.636. The zero-order valence-electron chi connectivity index (χ0n) is 16.5. The fourth-order valence-electron chi connectivity index (χ4n) is 3.26. The van der Waals surface area contributed by atoms with Crippen molar-refractivity contribution in [3.05, 3.63) is 65.2 Å². The van der Waals surface area contributed by atoms with Crippen LogP contribution in [0.25, 0.3) is 12.2 Å². The predicted molar refractivity (Wildman–Crippen MR) is 117 cm³/mol. The van der Waals surface area contributed by atoms with Crippen LogP contribution < -0.4 is 10.2 Å². The van der Waals surface area contributed by atoms with Crippen molar-refractivity contribution in [3.63, 3.8) is 0 Å². The van der Waals surface area contributed by atoms with Crippen LogP contribution in [0.3, 0.4) is 0 Å². The SMILES string of the molecule is [B]=C(CCC(=O)NC(C)(C)CO)N1Cc2ccccc2/C=C\c2ccccc21. The average molecular weight is 373 g/mol. The summed E-state index contributed by atoms with van der Waals surface area (Å²) >= 11 is 0. The summed E-state index contributed by atoms with van der Waals surface area (Å²) < 4.78 is 0. The number of hydrogen-bond acceptors (Lipinski definition) is 3. The summed E-state index contributed by atoms with van der Waals surface area (Å²) in [7, 11) is 6.47. The summed E-state index contributed by atoms with van der Waals surface area (Å²) in [6.07, 6.45) is 4.94. The van der Waals surface area contributed by atoms with Gasteiger partial charge in [-0.15, -0.1) is 0 Å². The number of aliphatic hydroxyl groups excluding tert-OH is 1. The van der Waals surface area contributed by atoms with E-state index in [9.17, 15) is 9.90 Å². The Morgan fingerprint density at radius 2 is 1.71 bits per heavy atom. The number of fused-ring (bicyclic) bond motifs is 2. The Kier molecular flexibility index (Phi) is 6.15. The van der Waals surface area contributed by atoms with Crippen molar-refractivity contribution in [1.82, 2.24) is 5.32 Å². The van der Waals surface area contributed by atoms with Crippen LogP contribution >= 0.6 is 0 Å². The molecule has 1 amide bonds. The Morgan fingerprint density at radius 3 is 2.46 bits per heavy atom. The Hall–Kier alpha value is -2.66. The molecule has 0 bridgehead atoms. The number of rotatable bonds is 6. The monoisotopic (exact) mass is 373 g/mol. The molecular weight excluding hydrogens is 347 g/mol. The van der Waals surface area contributed by atoms with E-state index in [4.69, 9.17) is 7.49 Å². The van der Waals surface area contributed by atoms with E-state index in [0.29, 0.717) is 18.6 Å². The van der Waals surface area contributed by atoms with E-state index in [1.54, 1.807) is 13.8 Å². The Balaban J connectivity index is 1.81. The number of para-hydroxylation sites is 1. The summed E-state index contributed by atoms with van der Waals surface area (Å²) in [5, 5.41) is 12.2. The number of nitrogens with one attached hydrogen (secondary N) is 1. The third-order valence-electron chi connectivity index (χ3n) is 4.88. The van der Waals surface area contributed by atoms with Crippen LogP contribution in [-0.4, -0.2) is 36.2 Å². The van der Waals surface area contributed by atoms with Gasteiger partial charge in [0.25, 0.3) is 0 Å². The Bertz CT molecular complexity index is 905. The summed E-state index contributed by atoms with van der Waals surface area (Å²) in [5.41, 5.74) is 4.48. The molecule has 143 valence electrons. The number of hydrogen-bond donors (Lipinski definition) is 2. The van der Waals surface area contributed by atoms with E-state index in [1.165, 1.54) is 5.56 Å². The molecule has 0 spiro atoms. The first kappa shape index (κ1) is 20.1. The zero-order chi connectivity index (χ0) is 20.1. The van der Waals surface area contributed by atoms with Gasteiger partial charge in [0.1, 0.15) is 0 Å².